The lowest BCUT2D eigenvalue weighted by Gasteiger charge is -2.28. The van der Waals surface area contributed by atoms with Crippen LogP contribution in [0.2, 0.25) is 0 Å². The van der Waals surface area contributed by atoms with Gasteiger partial charge in [-0.05, 0) is 38.0 Å². The monoisotopic (exact) mass is 355 g/mol. The van der Waals surface area contributed by atoms with Gasteiger partial charge in [0.2, 0.25) is 10.0 Å². The summed E-state index contributed by atoms with van der Waals surface area (Å²) in [7, 11) is -4.09. The van der Waals surface area contributed by atoms with Crippen LogP contribution in [0.25, 0.3) is 0 Å². The van der Waals surface area contributed by atoms with Crippen molar-refractivity contribution in [3.8, 4) is 0 Å². The first-order chi connectivity index (χ1) is 8.74. The molecule has 1 aromatic carbocycles. The van der Waals surface area contributed by atoms with Crippen LogP contribution in [0.5, 0.6) is 0 Å². The standard InChI is InChI=1S/C12H16BrF2NO2S/c1-3-12(2,6-7-13)16-19(17,18)11-8-9(14)4-5-10(11)15/h4-5,8,16H,3,6-7H2,1-2H3. The van der Waals surface area contributed by atoms with Crippen molar-refractivity contribution < 1.29 is 17.2 Å². The fraction of sp³-hybridized carbons (Fsp3) is 0.500. The van der Waals surface area contributed by atoms with Crippen molar-refractivity contribution in [3.63, 3.8) is 0 Å². The van der Waals surface area contributed by atoms with Crippen molar-refractivity contribution in [2.75, 3.05) is 5.33 Å². The number of rotatable bonds is 6. The van der Waals surface area contributed by atoms with Gasteiger partial charge in [-0.15, -0.1) is 0 Å². The number of hydrogen-bond acceptors (Lipinski definition) is 2. The molecule has 0 saturated carbocycles. The van der Waals surface area contributed by atoms with Crippen LogP contribution in [0.1, 0.15) is 26.7 Å². The van der Waals surface area contributed by atoms with Gasteiger partial charge in [-0.1, -0.05) is 22.9 Å². The van der Waals surface area contributed by atoms with E-state index in [1.165, 1.54) is 0 Å². The molecule has 0 heterocycles. The van der Waals surface area contributed by atoms with Gasteiger partial charge in [0.1, 0.15) is 16.5 Å². The summed E-state index contributed by atoms with van der Waals surface area (Å²) in [5.74, 6) is -1.76. The van der Waals surface area contributed by atoms with Gasteiger partial charge in [0.15, 0.2) is 0 Å². The predicted octanol–water partition coefficient (Wildman–Crippen LogP) is 3.20. The predicted molar refractivity (Wildman–Crippen MR) is 73.8 cm³/mol. The molecule has 19 heavy (non-hydrogen) atoms. The molecule has 0 aliphatic heterocycles. The Labute approximate surface area is 120 Å². The van der Waals surface area contributed by atoms with Gasteiger partial charge in [-0.25, -0.2) is 21.9 Å². The van der Waals surface area contributed by atoms with Crippen molar-refractivity contribution in [2.45, 2.75) is 37.1 Å². The van der Waals surface area contributed by atoms with Gasteiger partial charge >= 0.3 is 0 Å². The molecule has 3 nitrogen and oxygen atoms in total. The first-order valence-electron chi connectivity index (χ1n) is 5.79. The highest BCUT2D eigenvalue weighted by Gasteiger charge is 2.30. The zero-order valence-corrected chi connectivity index (χ0v) is 13.1. The summed E-state index contributed by atoms with van der Waals surface area (Å²) < 4.78 is 53.3. The minimum absolute atomic E-state index is 0.536. The van der Waals surface area contributed by atoms with Crippen molar-refractivity contribution in [1.82, 2.24) is 4.72 Å². The number of alkyl halides is 1. The highest BCUT2D eigenvalue weighted by molar-refractivity contribution is 9.09. The second kappa shape index (κ2) is 6.28. The normalized spacial score (nSPS) is 15.2. The van der Waals surface area contributed by atoms with Crippen LogP contribution < -0.4 is 4.72 Å². The maximum atomic E-state index is 13.5. The van der Waals surface area contributed by atoms with Crippen LogP contribution in [0.15, 0.2) is 23.1 Å². The van der Waals surface area contributed by atoms with E-state index in [9.17, 15) is 17.2 Å². The summed E-state index contributed by atoms with van der Waals surface area (Å²) in [4.78, 5) is -0.665. The molecule has 108 valence electrons. The SMILES string of the molecule is CCC(C)(CCBr)NS(=O)(=O)c1cc(F)ccc1F. The summed E-state index contributed by atoms with van der Waals surface area (Å²) in [6.45, 7) is 3.55. The Morgan fingerprint density at radius 2 is 2.00 bits per heavy atom. The first kappa shape index (κ1) is 16.5. The highest BCUT2D eigenvalue weighted by atomic mass is 79.9. The molecular weight excluding hydrogens is 340 g/mol. The topological polar surface area (TPSA) is 46.2 Å². The van der Waals surface area contributed by atoms with E-state index < -0.39 is 32.1 Å². The fourth-order valence-corrected chi connectivity index (χ4v) is 4.04. The van der Waals surface area contributed by atoms with Crippen molar-refractivity contribution in [1.29, 1.82) is 0 Å². The fourth-order valence-electron chi connectivity index (χ4n) is 1.57. The number of benzene rings is 1. The molecule has 0 aliphatic carbocycles. The number of halogens is 3. The van der Waals surface area contributed by atoms with E-state index in [0.717, 1.165) is 12.1 Å². The molecule has 0 fully saturated rings. The lowest BCUT2D eigenvalue weighted by atomic mass is 9.98. The summed E-state index contributed by atoms with van der Waals surface area (Å²) in [6, 6.07) is 2.37. The molecule has 1 unspecified atom stereocenters. The van der Waals surface area contributed by atoms with Crippen LogP contribution in [-0.2, 0) is 10.0 Å². The zero-order chi connectivity index (χ0) is 14.7. The van der Waals surface area contributed by atoms with Gasteiger partial charge in [-0.3, -0.25) is 0 Å². The van der Waals surface area contributed by atoms with Gasteiger partial charge in [-0.2, -0.15) is 0 Å². The van der Waals surface area contributed by atoms with Crippen LogP contribution in [0, 0.1) is 11.6 Å². The van der Waals surface area contributed by atoms with Crippen LogP contribution in [0.4, 0.5) is 8.78 Å². The average molecular weight is 356 g/mol. The maximum Gasteiger partial charge on any atom is 0.244 e. The second-order valence-electron chi connectivity index (χ2n) is 4.53. The third-order valence-electron chi connectivity index (χ3n) is 2.99. The van der Waals surface area contributed by atoms with Crippen LogP contribution >= 0.6 is 15.9 Å². The second-order valence-corrected chi connectivity index (χ2v) is 6.98. The molecule has 0 radical (unpaired) electrons. The zero-order valence-electron chi connectivity index (χ0n) is 10.7. The quantitative estimate of drug-likeness (QED) is 0.796. The Bertz CT molecular complexity index is 551. The van der Waals surface area contributed by atoms with Gasteiger partial charge in [0.05, 0.1) is 0 Å². The molecule has 0 aliphatic rings. The van der Waals surface area contributed by atoms with Gasteiger partial charge < -0.3 is 0 Å². The molecule has 0 saturated heterocycles. The molecule has 1 N–H and O–H groups in total. The average Bonchev–Trinajstić information content (AvgIpc) is 2.31. The minimum Gasteiger partial charge on any atom is -0.207 e. The van der Waals surface area contributed by atoms with Gasteiger partial charge in [0, 0.05) is 10.9 Å². The summed E-state index contributed by atoms with van der Waals surface area (Å²) >= 11 is 3.25. The summed E-state index contributed by atoms with van der Waals surface area (Å²) in [5, 5.41) is 0.603. The molecule has 1 rings (SSSR count). The van der Waals surface area contributed by atoms with Crippen LogP contribution in [-0.4, -0.2) is 19.3 Å². The molecule has 1 atom stereocenters. The number of nitrogens with one attached hydrogen (secondary N) is 1. The summed E-state index contributed by atoms with van der Waals surface area (Å²) in [5.41, 5.74) is -0.707. The van der Waals surface area contributed by atoms with Crippen molar-refractivity contribution in [2.24, 2.45) is 0 Å². The Morgan fingerprint density at radius 3 is 2.53 bits per heavy atom. The van der Waals surface area contributed by atoms with E-state index in [1.54, 1.807) is 6.92 Å². The van der Waals surface area contributed by atoms with E-state index in [2.05, 4.69) is 20.7 Å². The largest absolute Gasteiger partial charge is 0.244 e. The highest BCUT2D eigenvalue weighted by Crippen LogP contribution is 2.22. The van der Waals surface area contributed by atoms with E-state index in [-0.39, 0.29) is 0 Å². The van der Waals surface area contributed by atoms with Gasteiger partial charge in [0.25, 0.3) is 0 Å². The molecule has 0 bridgehead atoms. The summed E-state index contributed by atoms with van der Waals surface area (Å²) in [6.07, 6.45) is 1.08. The smallest absolute Gasteiger partial charge is 0.207 e. The Hall–Kier alpha value is -0.530. The van der Waals surface area contributed by atoms with E-state index in [1.807, 2.05) is 6.92 Å². The molecule has 0 spiro atoms. The molecule has 0 amide bonds. The molecule has 0 aromatic heterocycles. The minimum atomic E-state index is -4.09. The van der Waals surface area contributed by atoms with E-state index >= 15 is 0 Å². The molecule has 1 aromatic rings. The van der Waals surface area contributed by atoms with Crippen molar-refractivity contribution in [3.05, 3.63) is 29.8 Å². The van der Waals surface area contributed by atoms with Crippen molar-refractivity contribution >= 4 is 26.0 Å². The molecular formula is C12H16BrF2NO2S. The van der Waals surface area contributed by atoms with E-state index in [4.69, 9.17) is 0 Å². The van der Waals surface area contributed by atoms with E-state index in [0.29, 0.717) is 24.2 Å². The third kappa shape index (κ3) is 4.22. The maximum absolute atomic E-state index is 13.5. The number of hydrogen-bond donors (Lipinski definition) is 1. The molecule has 7 heteroatoms. The Morgan fingerprint density at radius 1 is 1.37 bits per heavy atom. The third-order valence-corrected chi connectivity index (χ3v) is 5.04. The van der Waals surface area contributed by atoms with Crippen LogP contribution in [0.3, 0.4) is 0 Å². The lowest BCUT2D eigenvalue weighted by molar-refractivity contribution is 0.391. The Balaban J connectivity index is 3.14. The number of sulfonamides is 1. The Kier molecular flexibility index (Phi) is 5.46. The lowest BCUT2D eigenvalue weighted by Crippen LogP contribution is -2.45. The first-order valence-corrected chi connectivity index (χ1v) is 8.39.